The van der Waals surface area contributed by atoms with E-state index in [9.17, 15) is 9.18 Å². The van der Waals surface area contributed by atoms with Gasteiger partial charge in [0.05, 0.1) is 0 Å². The van der Waals surface area contributed by atoms with Gasteiger partial charge < -0.3 is 9.64 Å². The van der Waals surface area contributed by atoms with Crippen molar-refractivity contribution in [3.05, 3.63) is 47.8 Å². The molecule has 3 nitrogen and oxygen atoms in total. The van der Waals surface area contributed by atoms with Crippen molar-refractivity contribution in [1.82, 2.24) is 4.90 Å². The van der Waals surface area contributed by atoms with E-state index in [4.69, 9.17) is 4.74 Å². The maximum atomic E-state index is 14.0. The molecule has 0 spiro atoms. The fourth-order valence-corrected chi connectivity index (χ4v) is 2.38. The minimum atomic E-state index is -0.444. The topological polar surface area (TPSA) is 29.5 Å². The first-order chi connectivity index (χ1) is 10.3. The number of nitrogens with zero attached hydrogens (tertiary/aromatic N) is 1. The predicted octanol–water partition coefficient (Wildman–Crippen LogP) is 4.81. The molecule has 0 saturated carbocycles. The van der Waals surface area contributed by atoms with Crippen LogP contribution in [-0.4, -0.2) is 25.1 Å². The van der Waals surface area contributed by atoms with Crippen LogP contribution in [0.3, 0.4) is 0 Å². The summed E-state index contributed by atoms with van der Waals surface area (Å²) >= 11 is 0. The largest absolute Gasteiger partial charge is 0.414 e. The van der Waals surface area contributed by atoms with E-state index in [1.165, 1.54) is 17.0 Å². The minimum Gasteiger partial charge on any atom is -0.410 e. The minimum absolute atomic E-state index is 0.154. The average Bonchev–Trinajstić information content (AvgIpc) is 2.46. The molecule has 2 rings (SSSR count). The zero-order chi connectivity index (χ0) is 16.4. The van der Waals surface area contributed by atoms with Crippen LogP contribution >= 0.6 is 0 Å². The van der Waals surface area contributed by atoms with Crippen molar-refractivity contribution >= 4 is 22.9 Å². The Bertz CT molecular complexity index is 735. The van der Waals surface area contributed by atoms with Crippen LogP contribution in [0.15, 0.2) is 30.8 Å². The monoisotopic (exact) mass is 301 g/mol. The van der Waals surface area contributed by atoms with Crippen LogP contribution in [0.4, 0.5) is 9.18 Å². The number of ether oxygens (including phenoxy) is 1. The average molecular weight is 301 g/mol. The molecule has 22 heavy (non-hydrogen) atoms. The van der Waals surface area contributed by atoms with Gasteiger partial charge in [0.1, 0.15) is 11.6 Å². The van der Waals surface area contributed by atoms with Gasteiger partial charge in [0.25, 0.3) is 0 Å². The second kappa shape index (κ2) is 6.18. The molecule has 0 unspecified atom stereocenters. The third-order valence-corrected chi connectivity index (χ3v) is 3.51. The van der Waals surface area contributed by atoms with Crippen LogP contribution < -0.4 is 4.74 Å². The molecule has 2 aromatic rings. The molecule has 0 atom stereocenters. The van der Waals surface area contributed by atoms with Crippen molar-refractivity contribution in [3.8, 4) is 5.75 Å². The molecule has 0 bridgehead atoms. The fourth-order valence-electron chi connectivity index (χ4n) is 2.38. The quantitative estimate of drug-likeness (QED) is 0.814. The number of halogens is 1. The molecule has 116 valence electrons. The summed E-state index contributed by atoms with van der Waals surface area (Å²) in [7, 11) is 3.25. The summed E-state index contributed by atoms with van der Waals surface area (Å²) < 4.78 is 19.4. The van der Waals surface area contributed by atoms with Crippen molar-refractivity contribution in [2.45, 2.75) is 19.8 Å². The number of hydrogen-bond donors (Lipinski definition) is 0. The highest BCUT2D eigenvalue weighted by Crippen LogP contribution is 2.34. The Morgan fingerprint density at radius 2 is 2.00 bits per heavy atom. The molecule has 0 saturated heterocycles. The Morgan fingerprint density at radius 1 is 1.32 bits per heavy atom. The number of carbonyl (C=O) groups excluding carboxylic acids is 1. The van der Waals surface area contributed by atoms with Crippen LogP contribution in [0, 0.1) is 5.82 Å². The van der Waals surface area contributed by atoms with E-state index < -0.39 is 6.09 Å². The molecule has 0 fully saturated rings. The molecule has 2 aromatic carbocycles. The van der Waals surface area contributed by atoms with Crippen LogP contribution in [0.1, 0.15) is 30.9 Å². The summed E-state index contributed by atoms with van der Waals surface area (Å²) in [5, 5.41) is 1.64. The number of hydrogen-bond acceptors (Lipinski definition) is 2. The third kappa shape index (κ3) is 2.96. The lowest BCUT2D eigenvalue weighted by molar-refractivity contribution is 0.172. The Labute approximate surface area is 130 Å². The molecule has 0 aliphatic rings. The highest BCUT2D eigenvalue weighted by molar-refractivity contribution is 5.95. The fraction of sp³-hybridized carbons (Fsp3) is 0.278. The highest BCUT2D eigenvalue weighted by atomic mass is 19.1. The summed E-state index contributed by atoms with van der Waals surface area (Å²) in [4.78, 5) is 13.1. The van der Waals surface area contributed by atoms with Crippen molar-refractivity contribution in [2.24, 2.45) is 0 Å². The number of benzene rings is 2. The van der Waals surface area contributed by atoms with Gasteiger partial charge in [-0.25, -0.2) is 9.18 Å². The van der Waals surface area contributed by atoms with E-state index in [0.717, 1.165) is 16.3 Å². The number of amides is 1. The van der Waals surface area contributed by atoms with Gasteiger partial charge in [0, 0.05) is 19.7 Å². The molecular weight excluding hydrogens is 281 g/mol. The first kappa shape index (κ1) is 16.0. The summed E-state index contributed by atoms with van der Waals surface area (Å²) in [6, 6.07) is 6.63. The summed E-state index contributed by atoms with van der Waals surface area (Å²) in [6.45, 7) is 7.74. The Balaban J connectivity index is 2.68. The van der Waals surface area contributed by atoms with E-state index in [-0.39, 0.29) is 11.7 Å². The predicted molar refractivity (Wildman–Crippen MR) is 87.8 cm³/mol. The molecular formula is C18H20FNO2. The maximum Gasteiger partial charge on any atom is 0.414 e. The standard InChI is InChI=1S/C18H20FNO2/c1-6-14-16(19)8-7-12-9-13(22-18(21)20(4)5)10-15(11(2)3)17(12)14/h6-11H,1H2,2-5H3. The van der Waals surface area contributed by atoms with Gasteiger partial charge >= 0.3 is 6.09 Å². The molecule has 0 aromatic heterocycles. The molecule has 0 radical (unpaired) electrons. The molecule has 0 N–H and O–H groups in total. The van der Waals surface area contributed by atoms with Gasteiger partial charge in [-0.1, -0.05) is 32.6 Å². The second-order valence-corrected chi connectivity index (χ2v) is 5.69. The van der Waals surface area contributed by atoms with Crippen LogP contribution in [-0.2, 0) is 0 Å². The first-order valence-electron chi connectivity index (χ1n) is 7.13. The van der Waals surface area contributed by atoms with Crippen molar-refractivity contribution < 1.29 is 13.9 Å². The van der Waals surface area contributed by atoms with E-state index in [1.807, 2.05) is 13.8 Å². The smallest absolute Gasteiger partial charge is 0.410 e. The lowest BCUT2D eigenvalue weighted by atomic mass is 9.92. The summed E-state index contributed by atoms with van der Waals surface area (Å²) in [6.07, 6.45) is 1.08. The Kier molecular flexibility index (Phi) is 4.50. The molecule has 4 heteroatoms. The third-order valence-electron chi connectivity index (χ3n) is 3.51. The van der Waals surface area contributed by atoms with Gasteiger partial charge in [-0.2, -0.15) is 0 Å². The van der Waals surface area contributed by atoms with E-state index in [1.54, 1.807) is 32.3 Å². The molecule has 0 aliphatic carbocycles. The van der Waals surface area contributed by atoms with Gasteiger partial charge in [0.2, 0.25) is 0 Å². The van der Waals surface area contributed by atoms with Gasteiger partial charge in [-0.15, -0.1) is 0 Å². The van der Waals surface area contributed by atoms with Crippen molar-refractivity contribution in [2.75, 3.05) is 14.1 Å². The van der Waals surface area contributed by atoms with Gasteiger partial charge in [-0.05, 0) is 40.5 Å². The number of rotatable bonds is 3. The number of carbonyl (C=O) groups is 1. The van der Waals surface area contributed by atoms with Gasteiger partial charge in [0.15, 0.2) is 0 Å². The van der Waals surface area contributed by atoms with E-state index >= 15 is 0 Å². The second-order valence-electron chi connectivity index (χ2n) is 5.69. The molecule has 0 heterocycles. The summed E-state index contributed by atoms with van der Waals surface area (Å²) in [5.74, 6) is 0.306. The Morgan fingerprint density at radius 3 is 2.55 bits per heavy atom. The normalized spacial score (nSPS) is 10.8. The number of fused-ring (bicyclic) bond motifs is 1. The van der Waals surface area contributed by atoms with Crippen LogP contribution in [0.5, 0.6) is 5.75 Å². The van der Waals surface area contributed by atoms with Crippen LogP contribution in [0.25, 0.3) is 16.8 Å². The first-order valence-corrected chi connectivity index (χ1v) is 7.13. The lowest BCUT2D eigenvalue weighted by Gasteiger charge is -2.17. The van der Waals surface area contributed by atoms with Crippen LogP contribution in [0.2, 0.25) is 0 Å². The lowest BCUT2D eigenvalue weighted by Crippen LogP contribution is -2.25. The van der Waals surface area contributed by atoms with Crippen molar-refractivity contribution in [1.29, 1.82) is 0 Å². The van der Waals surface area contributed by atoms with Crippen molar-refractivity contribution in [3.63, 3.8) is 0 Å². The van der Waals surface area contributed by atoms with E-state index in [2.05, 4.69) is 6.58 Å². The molecule has 0 aliphatic heterocycles. The highest BCUT2D eigenvalue weighted by Gasteiger charge is 2.15. The molecule has 1 amide bonds. The SMILES string of the molecule is C=Cc1c(F)ccc2cc(OC(=O)N(C)C)cc(C(C)C)c12. The van der Waals surface area contributed by atoms with E-state index in [0.29, 0.717) is 11.3 Å². The zero-order valence-corrected chi connectivity index (χ0v) is 13.3. The van der Waals surface area contributed by atoms with Gasteiger partial charge in [-0.3, -0.25) is 0 Å². The zero-order valence-electron chi connectivity index (χ0n) is 13.3. The Hall–Kier alpha value is -2.36. The maximum absolute atomic E-state index is 14.0. The summed E-state index contributed by atoms with van der Waals surface area (Å²) in [5.41, 5.74) is 1.40.